The van der Waals surface area contributed by atoms with Gasteiger partial charge in [0.2, 0.25) is 11.8 Å². The third kappa shape index (κ3) is 4.22. The Morgan fingerprint density at radius 1 is 1.30 bits per heavy atom. The Bertz CT molecular complexity index is 792. The number of fused-ring (bicyclic) bond motifs is 1. The lowest BCUT2D eigenvalue weighted by atomic mass is 9.70. The molecule has 2 bridgehead atoms. The van der Waals surface area contributed by atoms with E-state index in [2.05, 4.69) is 27.4 Å². The fourth-order valence-corrected chi connectivity index (χ4v) is 6.82. The van der Waals surface area contributed by atoms with Crippen LogP contribution in [0.25, 0.3) is 0 Å². The van der Waals surface area contributed by atoms with Crippen molar-refractivity contribution in [2.75, 3.05) is 59.1 Å². The van der Waals surface area contributed by atoms with Crippen LogP contribution < -0.4 is 0 Å². The van der Waals surface area contributed by atoms with Crippen LogP contribution >= 0.6 is 15.9 Å². The van der Waals surface area contributed by atoms with E-state index in [9.17, 15) is 24.6 Å². The van der Waals surface area contributed by atoms with Gasteiger partial charge >= 0.3 is 5.97 Å². The first-order chi connectivity index (χ1) is 15.9. The molecule has 4 heterocycles. The Hall–Kier alpha value is -1.53. The number of hydrogen-bond acceptors (Lipinski definition) is 7. The summed E-state index contributed by atoms with van der Waals surface area (Å²) in [7, 11) is 0. The number of nitrogens with zero attached hydrogens (tertiary/aromatic N) is 3. The number of halogens is 1. The second-order valence-electron chi connectivity index (χ2n) is 9.14. The molecular weight excluding hydrogens is 498 g/mol. The number of likely N-dealkylation sites (tertiary alicyclic amines) is 1. The molecule has 1 spiro atoms. The average Bonchev–Trinajstić information content (AvgIpc) is 3.39. The maximum Gasteiger partial charge on any atom is 0.310 e. The molecule has 0 aromatic rings. The molecule has 11 heteroatoms. The van der Waals surface area contributed by atoms with Crippen molar-refractivity contribution in [1.29, 1.82) is 0 Å². The molecule has 0 saturated carbocycles. The molecule has 1 unspecified atom stereocenters. The molecule has 4 rings (SSSR count). The van der Waals surface area contributed by atoms with Gasteiger partial charge in [-0.2, -0.15) is 0 Å². The number of aliphatic carboxylic acids is 1. The molecule has 33 heavy (non-hydrogen) atoms. The van der Waals surface area contributed by atoms with Crippen molar-refractivity contribution in [2.24, 2.45) is 11.8 Å². The summed E-state index contributed by atoms with van der Waals surface area (Å²) in [6.07, 6.45) is 1.68. The molecule has 0 aromatic carbocycles. The lowest BCUT2D eigenvalue weighted by Crippen LogP contribution is -2.57. The predicted molar refractivity (Wildman–Crippen MR) is 121 cm³/mol. The fourth-order valence-electron chi connectivity index (χ4n) is 5.88. The zero-order chi connectivity index (χ0) is 23.8. The maximum atomic E-state index is 14.0. The van der Waals surface area contributed by atoms with Crippen LogP contribution in [0.5, 0.6) is 0 Å². The van der Waals surface area contributed by atoms with Gasteiger partial charge in [-0.05, 0) is 12.8 Å². The first-order valence-electron chi connectivity index (χ1n) is 11.5. The molecule has 184 valence electrons. The minimum absolute atomic E-state index is 0.136. The van der Waals surface area contributed by atoms with E-state index in [1.807, 2.05) is 0 Å². The summed E-state index contributed by atoms with van der Waals surface area (Å²) in [6, 6.07) is -0.930. The minimum atomic E-state index is -1.19. The molecule has 4 fully saturated rings. The number of carboxylic acids is 1. The van der Waals surface area contributed by atoms with Crippen molar-refractivity contribution in [1.82, 2.24) is 14.7 Å². The molecule has 10 nitrogen and oxygen atoms in total. The lowest BCUT2D eigenvalue weighted by molar-refractivity contribution is -0.151. The number of morpholine rings is 1. The number of carboxylic acid groups (broad SMARTS) is 1. The van der Waals surface area contributed by atoms with Crippen LogP contribution in [0.15, 0.2) is 12.7 Å². The van der Waals surface area contributed by atoms with Gasteiger partial charge in [0.05, 0.1) is 31.2 Å². The highest BCUT2D eigenvalue weighted by Crippen LogP contribution is 2.60. The summed E-state index contributed by atoms with van der Waals surface area (Å²) in [4.78, 5) is 44.6. The van der Waals surface area contributed by atoms with Gasteiger partial charge in [-0.25, -0.2) is 0 Å². The molecule has 4 aliphatic heterocycles. The summed E-state index contributed by atoms with van der Waals surface area (Å²) in [6.45, 7) is 8.16. The van der Waals surface area contributed by atoms with E-state index in [0.29, 0.717) is 45.7 Å². The third-order valence-electron chi connectivity index (χ3n) is 7.32. The van der Waals surface area contributed by atoms with Crippen LogP contribution in [0.3, 0.4) is 0 Å². The Balaban J connectivity index is 1.62. The molecule has 0 aliphatic carbocycles. The monoisotopic (exact) mass is 529 g/mol. The highest BCUT2D eigenvalue weighted by atomic mass is 79.9. The fraction of sp³-hybridized carbons (Fsp3) is 0.773. The molecule has 4 saturated heterocycles. The van der Waals surface area contributed by atoms with Gasteiger partial charge in [0, 0.05) is 50.7 Å². The zero-order valence-electron chi connectivity index (χ0n) is 18.6. The van der Waals surface area contributed by atoms with Gasteiger partial charge in [0.25, 0.3) is 0 Å². The number of amides is 2. The molecule has 6 atom stereocenters. The van der Waals surface area contributed by atoms with Crippen LogP contribution in [-0.4, -0.2) is 124 Å². The lowest BCUT2D eigenvalue weighted by Gasteiger charge is -2.37. The predicted octanol–water partition coefficient (Wildman–Crippen LogP) is -0.452. The smallest absolute Gasteiger partial charge is 0.310 e. The standard InChI is InChI=1S/C22H32BrN3O7/c1-2-4-25(7-6-24-8-11-32-12-9-24)20(29)18-22-13-14(23)17(33-22)15(21(30)31)16(22)19(28)26(18)5-3-10-27/h2,14-18,27H,1,3-13H2,(H,30,31)/t14?,15-,16+,17-,18-,22+/m0/s1. The van der Waals surface area contributed by atoms with Crippen LogP contribution in [-0.2, 0) is 23.9 Å². The van der Waals surface area contributed by atoms with E-state index < -0.39 is 35.6 Å². The molecule has 2 N–H and O–H groups in total. The van der Waals surface area contributed by atoms with E-state index in [-0.39, 0.29) is 29.8 Å². The quantitative estimate of drug-likeness (QED) is 0.288. The van der Waals surface area contributed by atoms with Gasteiger partial charge < -0.3 is 29.5 Å². The SMILES string of the molecule is C=CCN(CCN1CCOCC1)C(=O)[C@@H]1N(CCCO)C(=O)[C@H]2[C@H](C(=O)O)[C@H]3O[C@@]12CC3Br. The van der Waals surface area contributed by atoms with Crippen LogP contribution in [0.4, 0.5) is 0 Å². The normalized spacial score (nSPS) is 35.6. The number of alkyl halides is 1. The summed E-state index contributed by atoms with van der Waals surface area (Å²) < 4.78 is 11.6. The average molecular weight is 530 g/mol. The first-order valence-corrected chi connectivity index (χ1v) is 12.4. The number of ether oxygens (including phenoxy) is 2. The molecular formula is C22H32BrN3O7. The van der Waals surface area contributed by atoms with E-state index in [1.165, 1.54) is 4.90 Å². The van der Waals surface area contributed by atoms with Gasteiger partial charge in [-0.1, -0.05) is 22.0 Å². The van der Waals surface area contributed by atoms with Crippen molar-refractivity contribution < 1.29 is 34.1 Å². The van der Waals surface area contributed by atoms with E-state index in [1.54, 1.807) is 11.0 Å². The topological polar surface area (TPSA) is 120 Å². The molecule has 4 aliphatic rings. The number of aliphatic hydroxyl groups excluding tert-OH is 1. The molecule has 2 amide bonds. The number of rotatable bonds is 10. The summed E-state index contributed by atoms with van der Waals surface area (Å²) in [5.41, 5.74) is -1.19. The summed E-state index contributed by atoms with van der Waals surface area (Å²) in [5, 5.41) is 19.3. The van der Waals surface area contributed by atoms with E-state index >= 15 is 0 Å². The zero-order valence-corrected chi connectivity index (χ0v) is 20.2. The van der Waals surface area contributed by atoms with Crippen molar-refractivity contribution in [3.05, 3.63) is 12.7 Å². The van der Waals surface area contributed by atoms with E-state index in [4.69, 9.17) is 9.47 Å². The summed E-state index contributed by atoms with van der Waals surface area (Å²) in [5.74, 6) is -3.64. The minimum Gasteiger partial charge on any atom is -0.481 e. The number of hydrogen-bond donors (Lipinski definition) is 2. The number of carbonyl (C=O) groups is 3. The van der Waals surface area contributed by atoms with Gasteiger partial charge in [-0.3, -0.25) is 19.3 Å². The number of aliphatic hydroxyl groups is 1. The van der Waals surface area contributed by atoms with Crippen molar-refractivity contribution in [3.63, 3.8) is 0 Å². The largest absolute Gasteiger partial charge is 0.481 e. The van der Waals surface area contributed by atoms with Crippen molar-refractivity contribution >= 4 is 33.7 Å². The Labute approximate surface area is 201 Å². The highest BCUT2D eigenvalue weighted by molar-refractivity contribution is 9.09. The van der Waals surface area contributed by atoms with Crippen molar-refractivity contribution in [3.8, 4) is 0 Å². The maximum absolute atomic E-state index is 14.0. The van der Waals surface area contributed by atoms with Gasteiger partial charge in [-0.15, -0.1) is 6.58 Å². The van der Waals surface area contributed by atoms with Gasteiger partial charge in [0.15, 0.2) is 0 Å². The van der Waals surface area contributed by atoms with Crippen LogP contribution in [0.2, 0.25) is 0 Å². The molecule has 0 aromatic heterocycles. The van der Waals surface area contributed by atoms with Crippen molar-refractivity contribution in [2.45, 2.75) is 35.4 Å². The third-order valence-corrected chi connectivity index (χ3v) is 8.16. The first kappa shape index (κ1) is 24.6. The van der Waals surface area contributed by atoms with Crippen LogP contribution in [0, 0.1) is 11.8 Å². The Kier molecular flexibility index (Phi) is 7.44. The Morgan fingerprint density at radius 2 is 2.03 bits per heavy atom. The second-order valence-corrected chi connectivity index (χ2v) is 10.3. The number of carbonyl (C=O) groups excluding carboxylic acids is 2. The molecule has 0 radical (unpaired) electrons. The Morgan fingerprint density at radius 3 is 2.67 bits per heavy atom. The second kappa shape index (κ2) is 9.99. The van der Waals surface area contributed by atoms with E-state index in [0.717, 1.165) is 13.1 Å². The van der Waals surface area contributed by atoms with Gasteiger partial charge in [0.1, 0.15) is 11.6 Å². The highest BCUT2D eigenvalue weighted by Gasteiger charge is 2.76. The van der Waals surface area contributed by atoms with Crippen LogP contribution in [0.1, 0.15) is 12.8 Å². The summed E-state index contributed by atoms with van der Waals surface area (Å²) >= 11 is 3.54.